The number of hydrogen-bond donors (Lipinski definition) is 1. The molecule has 0 saturated heterocycles. The van der Waals surface area contributed by atoms with E-state index in [-0.39, 0.29) is 0 Å². The highest BCUT2D eigenvalue weighted by atomic mass is 32.1. The van der Waals surface area contributed by atoms with Gasteiger partial charge in [0.1, 0.15) is 0 Å². The third kappa shape index (κ3) is 5.15. The standard InChI is InChI=1S/C21H25N3S/c1-16(2)24(13-18-7-5-4-6-8-18)14-20-15-25-21(23-20)22-19-11-9-17(3)10-12-19/h4-12,15-16H,13-14H2,1-3H3,(H,22,23). The molecule has 0 aliphatic heterocycles. The van der Waals surface area contributed by atoms with E-state index in [1.807, 2.05) is 0 Å². The highest BCUT2D eigenvalue weighted by molar-refractivity contribution is 7.13. The summed E-state index contributed by atoms with van der Waals surface area (Å²) in [5.41, 5.74) is 4.80. The maximum Gasteiger partial charge on any atom is 0.187 e. The average molecular weight is 352 g/mol. The number of rotatable bonds is 7. The molecule has 0 unspecified atom stereocenters. The van der Waals surface area contributed by atoms with Crippen LogP contribution in [0.3, 0.4) is 0 Å². The van der Waals surface area contributed by atoms with Gasteiger partial charge >= 0.3 is 0 Å². The van der Waals surface area contributed by atoms with Crippen LogP contribution in [0.15, 0.2) is 60.0 Å². The van der Waals surface area contributed by atoms with Crippen LogP contribution in [0.1, 0.15) is 30.7 Å². The van der Waals surface area contributed by atoms with Gasteiger partial charge in [0.2, 0.25) is 0 Å². The predicted octanol–water partition coefficient (Wildman–Crippen LogP) is 5.61. The molecule has 0 atom stereocenters. The van der Waals surface area contributed by atoms with E-state index in [2.05, 4.69) is 91.0 Å². The van der Waals surface area contributed by atoms with Crippen LogP contribution in [0.4, 0.5) is 10.8 Å². The van der Waals surface area contributed by atoms with Crippen molar-refractivity contribution in [2.75, 3.05) is 5.32 Å². The van der Waals surface area contributed by atoms with Gasteiger partial charge in [0, 0.05) is 30.2 Å². The first-order valence-electron chi connectivity index (χ1n) is 8.66. The molecule has 3 rings (SSSR count). The molecule has 0 saturated carbocycles. The normalized spacial score (nSPS) is 11.2. The fourth-order valence-electron chi connectivity index (χ4n) is 2.64. The zero-order valence-electron chi connectivity index (χ0n) is 15.1. The molecule has 3 nitrogen and oxygen atoms in total. The third-order valence-corrected chi connectivity index (χ3v) is 4.98. The molecule has 130 valence electrons. The molecule has 0 radical (unpaired) electrons. The molecule has 2 aromatic carbocycles. The highest BCUT2D eigenvalue weighted by Crippen LogP contribution is 2.23. The van der Waals surface area contributed by atoms with Crippen molar-refractivity contribution in [1.82, 2.24) is 9.88 Å². The van der Waals surface area contributed by atoms with E-state index in [1.54, 1.807) is 11.3 Å². The summed E-state index contributed by atoms with van der Waals surface area (Å²) >= 11 is 1.66. The van der Waals surface area contributed by atoms with E-state index in [4.69, 9.17) is 4.98 Å². The SMILES string of the molecule is Cc1ccc(Nc2nc(CN(Cc3ccccc3)C(C)C)cs2)cc1. The van der Waals surface area contributed by atoms with Crippen LogP contribution in [0.25, 0.3) is 0 Å². The second-order valence-electron chi connectivity index (χ2n) is 6.62. The van der Waals surface area contributed by atoms with Gasteiger partial charge in [-0.2, -0.15) is 0 Å². The van der Waals surface area contributed by atoms with Gasteiger partial charge in [0.15, 0.2) is 5.13 Å². The van der Waals surface area contributed by atoms with Crippen LogP contribution >= 0.6 is 11.3 Å². The fraction of sp³-hybridized carbons (Fsp3) is 0.286. The molecule has 0 spiro atoms. The molecular weight excluding hydrogens is 326 g/mol. The molecule has 1 heterocycles. The van der Waals surface area contributed by atoms with Gasteiger partial charge in [-0.05, 0) is 38.5 Å². The minimum atomic E-state index is 0.468. The van der Waals surface area contributed by atoms with Gasteiger partial charge in [-0.1, -0.05) is 48.0 Å². The number of aryl methyl sites for hydroxylation is 1. The molecule has 4 heteroatoms. The average Bonchev–Trinajstić information content (AvgIpc) is 3.04. The van der Waals surface area contributed by atoms with Crippen molar-refractivity contribution in [2.45, 2.75) is 39.9 Å². The summed E-state index contributed by atoms with van der Waals surface area (Å²) in [4.78, 5) is 7.20. The molecule has 25 heavy (non-hydrogen) atoms. The second kappa shape index (κ2) is 8.28. The highest BCUT2D eigenvalue weighted by Gasteiger charge is 2.13. The number of nitrogens with zero attached hydrogens (tertiary/aromatic N) is 2. The number of hydrogen-bond acceptors (Lipinski definition) is 4. The monoisotopic (exact) mass is 351 g/mol. The fourth-order valence-corrected chi connectivity index (χ4v) is 3.37. The summed E-state index contributed by atoms with van der Waals surface area (Å²) in [5, 5.41) is 6.49. The van der Waals surface area contributed by atoms with Crippen molar-refractivity contribution >= 4 is 22.2 Å². The Balaban J connectivity index is 1.65. The summed E-state index contributed by atoms with van der Waals surface area (Å²) in [6, 6.07) is 19.5. The van der Waals surface area contributed by atoms with Gasteiger partial charge in [0.05, 0.1) is 5.69 Å². The zero-order valence-corrected chi connectivity index (χ0v) is 15.9. The molecule has 1 aromatic heterocycles. The van der Waals surface area contributed by atoms with E-state index in [9.17, 15) is 0 Å². The van der Waals surface area contributed by atoms with Gasteiger partial charge in [0.25, 0.3) is 0 Å². The predicted molar refractivity (Wildman–Crippen MR) is 107 cm³/mol. The number of benzene rings is 2. The molecule has 0 amide bonds. The Labute approximate surface area is 154 Å². The van der Waals surface area contributed by atoms with Crippen molar-refractivity contribution in [3.05, 3.63) is 76.8 Å². The van der Waals surface area contributed by atoms with Gasteiger partial charge < -0.3 is 5.32 Å². The lowest BCUT2D eigenvalue weighted by atomic mass is 10.2. The van der Waals surface area contributed by atoms with Crippen molar-refractivity contribution < 1.29 is 0 Å². The second-order valence-corrected chi connectivity index (χ2v) is 7.48. The van der Waals surface area contributed by atoms with Crippen LogP contribution in [0.2, 0.25) is 0 Å². The Kier molecular flexibility index (Phi) is 5.84. The quantitative estimate of drug-likeness (QED) is 0.600. The van der Waals surface area contributed by atoms with Crippen molar-refractivity contribution in [3.63, 3.8) is 0 Å². The smallest absolute Gasteiger partial charge is 0.187 e. The van der Waals surface area contributed by atoms with Gasteiger partial charge in [-0.3, -0.25) is 4.90 Å². The Morgan fingerprint density at radius 3 is 2.40 bits per heavy atom. The summed E-state index contributed by atoms with van der Waals surface area (Å²) in [6.07, 6.45) is 0. The molecule has 0 bridgehead atoms. The Morgan fingerprint density at radius 2 is 1.72 bits per heavy atom. The van der Waals surface area contributed by atoms with E-state index in [1.165, 1.54) is 11.1 Å². The van der Waals surface area contributed by atoms with Crippen molar-refractivity contribution in [1.29, 1.82) is 0 Å². The molecule has 0 fully saturated rings. The summed E-state index contributed by atoms with van der Waals surface area (Å²) < 4.78 is 0. The lowest BCUT2D eigenvalue weighted by Gasteiger charge is -2.25. The van der Waals surface area contributed by atoms with Crippen LogP contribution in [0, 0.1) is 6.92 Å². The van der Waals surface area contributed by atoms with Gasteiger partial charge in [-0.25, -0.2) is 4.98 Å². The number of nitrogens with one attached hydrogen (secondary N) is 1. The zero-order chi connectivity index (χ0) is 17.6. The van der Waals surface area contributed by atoms with Crippen LogP contribution < -0.4 is 5.32 Å². The van der Waals surface area contributed by atoms with Gasteiger partial charge in [-0.15, -0.1) is 11.3 Å². The lowest BCUT2D eigenvalue weighted by molar-refractivity contribution is 0.201. The summed E-state index contributed by atoms with van der Waals surface area (Å²) in [5.74, 6) is 0. The number of aromatic nitrogens is 1. The first-order chi connectivity index (χ1) is 12.1. The van der Waals surface area contributed by atoms with E-state index < -0.39 is 0 Å². The first-order valence-corrected chi connectivity index (χ1v) is 9.54. The largest absolute Gasteiger partial charge is 0.332 e. The van der Waals surface area contributed by atoms with Crippen molar-refractivity contribution in [2.24, 2.45) is 0 Å². The number of thiazole rings is 1. The van der Waals surface area contributed by atoms with Crippen LogP contribution in [-0.2, 0) is 13.1 Å². The Morgan fingerprint density at radius 1 is 1.00 bits per heavy atom. The summed E-state index contributed by atoms with van der Waals surface area (Å²) in [7, 11) is 0. The van der Waals surface area contributed by atoms with E-state index in [0.29, 0.717) is 6.04 Å². The Bertz CT molecular complexity index is 778. The molecule has 0 aliphatic carbocycles. The Hall–Kier alpha value is -2.17. The summed E-state index contributed by atoms with van der Waals surface area (Å²) in [6.45, 7) is 8.37. The van der Waals surface area contributed by atoms with Crippen LogP contribution in [0.5, 0.6) is 0 Å². The minimum absolute atomic E-state index is 0.468. The van der Waals surface area contributed by atoms with E-state index >= 15 is 0 Å². The maximum atomic E-state index is 4.76. The van der Waals surface area contributed by atoms with Crippen molar-refractivity contribution in [3.8, 4) is 0 Å². The maximum absolute atomic E-state index is 4.76. The van der Waals surface area contributed by atoms with Crippen LogP contribution in [-0.4, -0.2) is 15.9 Å². The molecule has 1 N–H and O–H groups in total. The minimum Gasteiger partial charge on any atom is -0.332 e. The lowest BCUT2D eigenvalue weighted by Crippen LogP contribution is -2.29. The topological polar surface area (TPSA) is 28.2 Å². The first kappa shape index (κ1) is 17.6. The van der Waals surface area contributed by atoms with E-state index in [0.717, 1.165) is 29.6 Å². The molecule has 3 aromatic rings. The molecule has 0 aliphatic rings. The molecular formula is C21H25N3S. The third-order valence-electron chi connectivity index (χ3n) is 4.18. The number of anilines is 2.